The Hall–Kier alpha value is -3.55. The van der Waals surface area contributed by atoms with Crippen LogP contribution in [0.4, 0.5) is 5.95 Å². The van der Waals surface area contributed by atoms with Gasteiger partial charge < -0.3 is 20.3 Å². The zero-order chi connectivity index (χ0) is 25.9. The standard InChI is InChI=1S/C28H26Cl2N4O3/c29-20-7-3-5-18(15-20)21-11-10-17(13-22(21)30)14-25(27(36)37)31-26(35)19-6-4-12-34(16-19)28-32-23-8-1-2-9-24(23)33-28/h1-3,5,7-11,13,15,19,25H,4,6,12,14,16H2,(H,31,35)(H,32,33)(H,36,37)/t19?,25-/m0/s1. The molecule has 190 valence electrons. The molecular weight excluding hydrogens is 511 g/mol. The van der Waals surface area contributed by atoms with Crippen LogP contribution in [-0.4, -0.2) is 46.1 Å². The van der Waals surface area contributed by atoms with Gasteiger partial charge >= 0.3 is 5.97 Å². The topological polar surface area (TPSA) is 98.3 Å². The SMILES string of the molecule is O=C(N[C@@H](Cc1ccc(-c2cccc(Cl)c2)c(Cl)c1)C(=O)O)C1CCCN(c2nc3ccccc3[nH]2)C1. The average Bonchev–Trinajstić information content (AvgIpc) is 3.33. The molecule has 0 saturated carbocycles. The Morgan fingerprint density at radius 3 is 2.70 bits per heavy atom. The minimum Gasteiger partial charge on any atom is -0.480 e. The third-order valence-corrected chi connectivity index (χ3v) is 7.24. The van der Waals surface area contributed by atoms with Crippen LogP contribution in [0.3, 0.4) is 0 Å². The molecule has 2 atom stereocenters. The fourth-order valence-corrected chi connectivity index (χ4v) is 5.28. The molecule has 1 saturated heterocycles. The molecule has 1 unspecified atom stereocenters. The lowest BCUT2D eigenvalue weighted by Gasteiger charge is -2.32. The van der Waals surface area contributed by atoms with Gasteiger partial charge in [0.05, 0.1) is 17.0 Å². The van der Waals surface area contributed by atoms with Crippen molar-refractivity contribution in [3.8, 4) is 11.1 Å². The third kappa shape index (κ3) is 5.73. The second-order valence-electron chi connectivity index (χ2n) is 9.29. The molecule has 37 heavy (non-hydrogen) atoms. The minimum absolute atomic E-state index is 0.122. The number of aromatic nitrogens is 2. The number of hydrogen-bond acceptors (Lipinski definition) is 4. The number of aromatic amines is 1. The van der Waals surface area contributed by atoms with Crippen molar-refractivity contribution in [3.05, 3.63) is 82.3 Å². The first-order chi connectivity index (χ1) is 17.9. The maximum atomic E-state index is 13.1. The molecule has 1 aliphatic heterocycles. The van der Waals surface area contributed by atoms with Crippen LogP contribution in [-0.2, 0) is 16.0 Å². The summed E-state index contributed by atoms with van der Waals surface area (Å²) in [7, 11) is 0. The molecule has 7 nitrogen and oxygen atoms in total. The van der Waals surface area contributed by atoms with Crippen LogP contribution in [0.25, 0.3) is 22.2 Å². The smallest absolute Gasteiger partial charge is 0.326 e. The van der Waals surface area contributed by atoms with Crippen LogP contribution in [0.15, 0.2) is 66.7 Å². The predicted octanol–water partition coefficient (Wildman–Crippen LogP) is 5.57. The Morgan fingerprint density at radius 2 is 1.95 bits per heavy atom. The van der Waals surface area contributed by atoms with Gasteiger partial charge in [-0.15, -0.1) is 0 Å². The van der Waals surface area contributed by atoms with Gasteiger partial charge in [-0.25, -0.2) is 9.78 Å². The molecule has 4 aromatic rings. The number of halogens is 2. The number of carboxylic acid groups (broad SMARTS) is 1. The number of rotatable bonds is 7. The number of nitrogens with zero attached hydrogens (tertiary/aromatic N) is 2. The molecule has 1 aliphatic rings. The Balaban J connectivity index is 1.26. The van der Waals surface area contributed by atoms with Gasteiger partial charge in [-0.3, -0.25) is 4.79 Å². The van der Waals surface area contributed by atoms with Crippen LogP contribution >= 0.6 is 23.2 Å². The van der Waals surface area contributed by atoms with Crippen molar-refractivity contribution < 1.29 is 14.7 Å². The summed E-state index contributed by atoms with van der Waals surface area (Å²) in [4.78, 5) is 35.2. The molecule has 1 aromatic heterocycles. The first-order valence-corrected chi connectivity index (χ1v) is 12.9. The highest BCUT2D eigenvalue weighted by Gasteiger charge is 2.30. The number of benzene rings is 3. The number of amides is 1. The second kappa shape index (κ2) is 10.8. The van der Waals surface area contributed by atoms with Crippen molar-refractivity contribution in [1.82, 2.24) is 15.3 Å². The van der Waals surface area contributed by atoms with Crippen molar-refractivity contribution in [3.63, 3.8) is 0 Å². The van der Waals surface area contributed by atoms with E-state index in [1.54, 1.807) is 12.1 Å². The van der Waals surface area contributed by atoms with Gasteiger partial charge in [0.15, 0.2) is 0 Å². The van der Waals surface area contributed by atoms with Gasteiger partial charge in [0.1, 0.15) is 6.04 Å². The number of carbonyl (C=O) groups is 2. The molecule has 5 rings (SSSR count). The van der Waals surface area contributed by atoms with Gasteiger partial charge in [0, 0.05) is 35.1 Å². The van der Waals surface area contributed by atoms with Gasteiger partial charge in [-0.05, 0) is 54.3 Å². The first-order valence-electron chi connectivity index (χ1n) is 12.1. The Morgan fingerprint density at radius 1 is 1.11 bits per heavy atom. The number of carbonyl (C=O) groups excluding carboxylic acids is 1. The molecule has 0 bridgehead atoms. The van der Waals surface area contributed by atoms with Gasteiger partial charge in [0.2, 0.25) is 11.9 Å². The summed E-state index contributed by atoms with van der Waals surface area (Å²) >= 11 is 12.6. The highest BCUT2D eigenvalue weighted by molar-refractivity contribution is 6.34. The number of para-hydroxylation sites is 2. The maximum Gasteiger partial charge on any atom is 0.326 e. The highest BCUT2D eigenvalue weighted by Crippen LogP contribution is 2.31. The van der Waals surface area contributed by atoms with Gasteiger partial charge in [-0.2, -0.15) is 0 Å². The lowest BCUT2D eigenvalue weighted by molar-refractivity contribution is -0.142. The van der Waals surface area contributed by atoms with Crippen LogP contribution in [0, 0.1) is 5.92 Å². The third-order valence-electron chi connectivity index (χ3n) is 6.69. The quantitative estimate of drug-likeness (QED) is 0.287. The highest BCUT2D eigenvalue weighted by atomic mass is 35.5. The Kier molecular flexibility index (Phi) is 7.35. The van der Waals surface area contributed by atoms with Gasteiger partial charge in [0.25, 0.3) is 0 Å². The van der Waals surface area contributed by atoms with Gasteiger partial charge in [-0.1, -0.05) is 59.6 Å². The van der Waals surface area contributed by atoms with Crippen LogP contribution in [0.5, 0.6) is 0 Å². The van der Waals surface area contributed by atoms with Crippen molar-refractivity contribution in [2.45, 2.75) is 25.3 Å². The zero-order valence-electron chi connectivity index (χ0n) is 20.0. The number of aliphatic carboxylic acids is 1. The van der Waals surface area contributed by atoms with E-state index in [0.717, 1.165) is 46.6 Å². The molecule has 1 amide bonds. The lowest BCUT2D eigenvalue weighted by atomic mass is 9.96. The Bertz CT molecular complexity index is 1420. The maximum absolute atomic E-state index is 13.1. The number of carboxylic acids is 1. The summed E-state index contributed by atoms with van der Waals surface area (Å²) in [6.07, 6.45) is 1.62. The minimum atomic E-state index is -1.09. The van der Waals surface area contributed by atoms with Crippen molar-refractivity contribution in [2.24, 2.45) is 5.92 Å². The van der Waals surface area contributed by atoms with E-state index in [2.05, 4.69) is 20.2 Å². The number of H-pyrrole nitrogens is 1. The summed E-state index contributed by atoms with van der Waals surface area (Å²) in [6.45, 7) is 1.25. The molecule has 0 spiro atoms. The number of piperidine rings is 1. The van der Waals surface area contributed by atoms with Crippen LogP contribution in [0.2, 0.25) is 10.0 Å². The second-order valence-corrected chi connectivity index (χ2v) is 10.1. The van der Waals surface area contributed by atoms with E-state index < -0.39 is 12.0 Å². The fourth-order valence-electron chi connectivity index (χ4n) is 4.77. The number of fused-ring (bicyclic) bond motifs is 1. The molecular formula is C28H26Cl2N4O3. The molecule has 3 N–H and O–H groups in total. The summed E-state index contributed by atoms with van der Waals surface area (Å²) in [5, 5.41) is 13.7. The first kappa shape index (κ1) is 25.1. The number of anilines is 1. The van der Waals surface area contributed by atoms with Crippen molar-refractivity contribution in [1.29, 1.82) is 0 Å². The average molecular weight is 537 g/mol. The molecule has 0 radical (unpaired) electrons. The van der Waals surface area contributed by atoms with E-state index in [1.165, 1.54) is 0 Å². The van der Waals surface area contributed by atoms with E-state index in [-0.39, 0.29) is 18.2 Å². The molecule has 3 aromatic carbocycles. The van der Waals surface area contributed by atoms with E-state index in [9.17, 15) is 14.7 Å². The number of nitrogens with one attached hydrogen (secondary N) is 2. The zero-order valence-corrected chi connectivity index (χ0v) is 21.5. The van der Waals surface area contributed by atoms with Crippen LogP contribution in [0.1, 0.15) is 18.4 Å². The van der Waals surface area contributed by atoms with E-state index in [0.29, 0.717) is 23.0 Å². The predicted molar refractivity (Wildman–Crippen MR) is 146 cm³/mol. The molecule has 9 heteroatoms. The summed E-state index contributed by atoms with van der Waals surface area (Å²) < 4.78 is 0. The monoisotopic (exact) mass is 536 g/mol. The lowest BCUT2D eigenvalue weighted by Crippen LogP contribution is -2.49. The Labute approximate surface area is 224 Å². The van der Waals surface area contributed by atoms with E-state index in [4.69, 9.17) is 23.2 Å². The number of imidazole rings is 1. The fraction of sp³-hybridized carbons (Fsp3) is 0.250. The summed E-state index contributed by atoms with van der Waals surface area (Å²) in [5.74, 6) is -0.969. The van der Waals surface area contributed by atoms with Crippen molar-refractivity contribution in [2.75, 3.05) is 18.0 Å². The van der Waals surface area contributed by atoms with Crippen molar-refractivity contribution >= 4 is 52.1 Å². The van der Waals surface area contributed by atoms with Crippen LogP contribution < -0.4 is 10.2 Å². The van der Waals surface area contributed by atoms with E-state index >= 15 is 0 Å². The van der Waals surface area contributed by atoms with E-state index in [1.807, 2.05) is 54.6 Å². The normalized spacial score (nSPS) is 16.5. The number of hydrogen-bond donors (Lipinski definition) is 3. The molecule has 0 aliphatic carbocycles. The molecule has 2 heterocycles. The largest absolute Gasteiger partial charge is 0.480 e. The summed E-state index contributed by atoms with van der Waals surface area (Å²) in [5.41, 5.74) is 4.20. The summed E-state index contributed by atoms with van der Waals surface area (Å²) in [6, 6.07) is 19.5. The molecule has 1 fully saturated rings.